The molecule has 0 aliphatic rings. The standard InChI is InChI=1S/C34H60N4O9/c1-4-5-6-7-8-9-10-11-12-13-14-15-16-17-18-19-29(39)36-25(3)31(41)38-27(33(44)45)20-21-30(40)37-28(34(46)47)23-24(2)22-26(35)32(42)43/h25-28H,2,4-23,35H2,1,3H3,(H,36,39)(H,37,40)(H,38,41)(H,42,43)(H,44,45)(H,46,47)/t25-,26?,27+,28?/m0/s1. The maximum Gasteiger partial charge on any atom is 0.326 e. The van der Waals surface area contributed by atoms with Crippen LogP contribution in [0.25, 0.3) is 0 Å². The van der Waals surface area contributed by atoms with Gasteiger partial charge in [-0.05, 0) is 32.6 Å². The average molecular weight is 669 g/mol. The fraction of sp³-hybridized carbons (Fsp3) is 0.765. The molecule has 2 unspecified atom stereocenters. The third-order valence-electron chi connectivity index (χ3n) is 8.00. The van der Waals surface area contributed by atoms with Crippen molar-refractivity contribution in [3.63, 3.8) is 0 Å². The van der Waals surface area contributed by atoms with Crippen LogP contribution in [-0.2, 0) is 28.8 Å². The average Bonchev–Trinajstić information content (AvgIpc) is 3.00. The topological polar surface area (TPSA) is 225 Å². The van der Waals surface area contributed by atoms with Gasteiger partial charge in [-0.1, -0.05) is 109 Å². The summed E-state index contributed by atoms with van der Waals surface area (Å²) in [5.41, 5.74) is 5.64. The number of carboxylic acid groups (broad SMARTS) is 3. The van der Waals surface area contributed by atoms with E-state index in [1.807, 2.05) is 0 Å². The third kappa shape index (κ3) is 23.5. The van der Waals surface area contributed by atoms with Gasteiger partial charge in [0.15, 0.2) is 0 Å². The molecule has 8 N–H and O–H groups in total. The molecule has 4 atom stereocenters. The molecule has 0 aromatic carbocycles. The minimum atomic E-state index is -1.45. The van der Waals surface area contributed by atoms with Crippen LogP contribution < -0.4 is 21.7 Å². The summed E-state index contributed by atoms with van der Waals surface area (Å²) in [7, 11) is 0. The monoisotopic (exact) mass is 668 g/mol. The van der Waals surface area contributed by atoms with Crippen molar-refractivity contribution in [2.24, 2.45) is 5.73 Å². The maximum atomic E-state index is 12.5. The lowest BCUT2D eigenvalue weighted by Gasteiger charge is -2.20. The van der Waals surface area contributed by atoms with Gasteiger partial charge in [0.25, 0.3) is 0 Å². The van der Waals surface area contributed by atoms with Crippen LogP contribution in [0.4, 0.5) is 0 Å². The van der Waals surface area contributed by atoms with E-state index < -0.39 is 60.3 Å². The van der Waals surface area contributed by atoms with Gasteiger partial charge in [-0.25, -0.2) is 9.59 Å². The molecule has 0 saturated heterocycles. The zero-order valence-corrected chi connectivity index (χ0v) is 28.5. The Bertz CT molecular complexity index is 989. The van der Waals surface area contributed by atoms with Crippen molar-refractivity contribution in [1.29, 1.82) is 0 Å². The fourth-order valence-electron chi connectivity index (χ4n) is 5.10. The van der Waals surface area contributed by atoms with Gasteiger partial charge in [-0.15, -0.1) is 0 Å². The molecule has 47 heavy (non-hydrogen) atoms. The number of carbonyl (C=O) groups is 6. The Morgan fingerprint density at radius 2 is 1.04 bits per heavy atom. The Hall–Kier alpha value is -3.48. The van der Waals surface area contributed by atoms with Gasteiger partial charge >= 0.3 is 17.9 Å². The Balaban J connectivity index is 4.28. The van der Waals surface area contributed by atoms with E-state index in [2.05, 4.69) is 29.5 Å². The lowest BCUT2D eigenvalue weighted by atomic mass is 10.0. The molecular weight excluding hydrogens is 608 g/mol. The zero-order chi connectivity index (χ0) is 35.6. The van der Waals surface area contributed by atoms with Crippen LogP contribution in [0.15, 0.2) is 12.2 Å². The number of amides is 3. The highest BCUT2D eigenvalue weighted by atomic mass is 16.4. The van der Waals surface area contributed by atoms with Crippen LogP contribution >= 0.6 is 0 Å². The van der Waals surface area contributed by atoms with Gasteiger partial charge in [0, 0.05) is 12.8 Å². The van der Waals surface area contributed by atoms with Gasteiger partial charge in [0.1, 0.15) is 24.2 Å². The molecule has 0 aromatic heterocycles. The highest BCUT2D eigenvalue weighted by Gasteiger charge is 2.27. The van der Waals surface area contributed by atoms with Crippen molar-refractivity contribution in [3.05, 3.63) is 12.2 Å². The zero-order valence-electron chi connectivity index (χ0n) is 28.5. The summed E-state index contributed by atoms with van der Waals surface area (Å²) in [6, 6.07) is -5.13. The number of nitrogens with two attached hydrogens (primary N) is 1. The van der Waals surface area contributed by atoms with E-state index in [-0.39, 0.29) is 37.2 Å². The summed E-state index contributed by atoms with van der Waals surface area (Å²) >= 11 is 0. The molecular formula is C34H60N4O9. The van der Waals surface area contributed by atoms with E-state index in [1.54, 1.807) is 0 Å². The third-order valence-corrected chi connectivity index (χ3v) is 8.00. The highest BCUT2D eigenvalue weighted by molar-refractivity contribution is 5.90. The van der Waals surface area contributed by atoms with Crippen LogP contribution in [0.1, 0.15) is 142 Å². The number of hydrogen-bond acceptors (Lipinski definition) is 7. The molecule has 0 saturated carbocycles. The molecule has 0 fully saturated rings. The van der Waals surface area contributed by atoms with Crippen molar-refractivity contribution in [1.82, 2.24) is 16.0 Å². The molecule has 0 aliphatic heterocycles. The smallest absolute Gasteiger partial charge is 0.326 e. The quantitative estimate of drug-likeness (QED) is 0.0421. The molecule has 13 nitrogen and oxygen atoms in total. The first-order valence-corrected chi connectivity index (χ1v) is 17.3. The Kier molecular flexibility index (Phi) is 24.6. The number of hydrogen-bond donors (Lipinski definition) is 7. The summed E-state index contributed by atoms with van der Waals surface area (Å²) in [6.07, 6.45) is 17.3. The molecule has 3 amide bonds. The van der Waals surface area contributed by atoms with Crippen LogP contribution in [0.3, 0.4) is 0 Å². The van der Waals surface area contributed by atoms with Crippen LogP contribution in [-0.4, -0.2) is 75.1 Å². The number of rotatable bonds is 30. The Morgan fingerprint density at radius 1 is 0.596 bits per heavy atom. The predicted molar refractivity (Wildman–Crippen MR) is 180 cm³/mol. The predicted octanol–water partition coefficient (Wildman–Crippen LogP) is 4.42. The highest BCUT2D eigenvalue weighted by Crippen LogP contribution is 2.14. The number of unbranched alkanes of at least 4 members (excludes halogenated alkanes) is 14. The number of nitrogens with one attached hydrogen (secondary N) is 3. The Labute approximate surface area is 279 Å². The molecule has 270 valence electrons. The van der Waals surface area contributed by atoms with Gasteiger partial charge in [0.05, 0.1) is 0 Å². The molecule has 0 aromatic rings. The normalized spacial score (nSPS) is 13.5. The van der Waals surface area contributed by atoms with Crippen molar-refractivity contribution in [2.75, 3.05) is 0 Å². The second-order valence-electron chi connectivity index (χ2n) is 12.5. The molecule has 0 rings (SSSR count). The van der Waals surface area contributed by atoms with E-state index in [0.717, 1.165) is 19.3 Å². The first-order valence-electron chi connectivity index (χ1n) is 17.3. The summed E-state index contributed by atoms with van der Waals surface area (Å²) in [5.74, 6) is -5.87. The van der Waals surface area contributed by atoms with Crippen molar-refractivity contribution in [3.8, 4) is 0 Å². The van der Waals surface area contributed by atoms with Gasteiger partial charge < -0.3 is 37.0 Å². The van der Waals surface area contributed by atoms with Gasteiger partial charge in [-0.2, -0.15) is 0 Å². The first kappa shape index (κ1) is 43.5. The van der Waals surface area contributed by atoms with E-state index >= 15 is 0 Å². The van der Waals surface area contributed by atoms with Crippen LogP contribution in [0.5, 0.6) is 0 Å². The Morgan fingerprint density at radius 3 is 1.49 bits per heavy atom. The molecule has 0 aliphatic carbocycles. The van der Waals surface area contributed by atoms with Gasteiger partial charge in [-0.3, -0.25) is 19.2 Å². The van der Waals surface area contributed by atoms with E-state index in [1.165, 1.54) is 77.6 Å². The number of aliphatic carboxylic acids is 3. The molecule has 0 radical (unpaired) electrons. The largest absolute Gasteiger partial charge is 0.480 e. The minimum absolute atomic E-state index is 0.184. The van der Waals surface area contributed by atoms with Crippen molar-refractivity contribution < 1.29 is 44.1 Å². The second-order valence-corrected chi connectivity index (χ2v) is 12.5. The molecule has 0 heterocycles. The minimum Gasteiger partial charge on any atom is -0.480 e. The van der Waals surface area contributed by atoms with Gasteiger partial charge in [0.2, 0.25) is 17.7 Å². The first-order chi connectivity index (χ1) is 22.3. The second kappa shape index (κ2) is 26.6. The van der Waals surface area contributed by atoms with Crippen LogP contribution in [0, 0.1) is 0 Å². The fourth-order valence-corrected chi connectivity index (χ4v) is 5.10. The molecule has 13 heteroatoms. The summed E-state index contributed by atoms with van der Waals surface area (Å²) in [4.78, 5) is 71.4. The van der Waals surface area contributed by atoms with Crippen molar-refractivity contribution in [2.45, 2.75) is 166 Å². The molecule has 0 bridgehead atoms. The summed E-state index contributed by atoms with van der Waals surface area (Å²) in [6.45, 7) is 7.28. The maximum absolute atomic E-state index is 12.5. The van der Waals surface area contributed by atoms with E-state index in [4.69, 9.17) is 10.8 Å². The number of carboxylic acids is 3. The van der Waals surface area contributed by atoms with Crippen molar-refractivity contribution >= 4 is 35.6 Å². The van der Waals surface area contributed by atoms with E-state index in [0.29, 0.717) is 6.42 Å². The lowest BCUT2D eigenvalue weighted by Crippen LogP contribution is -2.50. The van der Waals surface area contributed by atoms with E-state index in [9.17, 15) is 39.0 Å². The molecule has 0 spiro atoms. The summed E-state index contributed by atoms with van der Waals surface area (Å²) in [5, 5.41) is 34.9. The number of carbonyl (C=O) groups excluding carboxylic acids is 3. The SMILES string of the molecule is C=C(CC(N)C(=O)O)CC(NC(=O)CC[C@@H](NC(=O)[C@H](C)NC(=O)CCCCCCCCCCCCCCCCC)C(=O)O)C(=O)O. The summed E-state index contributed by atoms with van der Waals surface area (Å²) < 4.78 is 0. The lowest BCUT2D eigenvalue weighted by molar-refractivity contribution is -0.143. The van der Waals surface area contributed by atoms with Crippen LogP contribution in [0.2, 0.25) is 0 Å².